The summed E-state index contributed by atoms with van der Waals surface area (Å²) in [6.07, 6.45) is 1.72. The van der Waals surface area contributed by atoms with Gasteiger partial charge in [-0.05, 0) is 54.1 Å². The van der Waals surface area contributed by atoms with Crippen LogP contribution in [0.5, 0.6) is 17.2 Å². The Morgan fingerprint density at radius 3 is 2.31 bits per heavy atom. The third kappa shape index (κ3) is 5.13. The van der Waals surface area contributed by atoms with Gasteiger partial charge in [0.1, 0.15) is 12.4 Å². The van der Waals surface area contributed by atoms with Crippen molar-refractivity contribution in [3.8, 4) is 17.2 Å². The van der Waals surface area contributed by atoms with Gasteiger partial charge in [-0.3, -0.25) is 4.99 Å². The highest BCUT2D eigenvalue weighted by Crippen LogP contribution is 2.31. The second-order valence-corrected chi connectivity index (χ2v) is 6.13. The number of hydrogen-bond donors (Lipinski definition) is 1. The molecule has 0 saturated heterocycles. The van der Waals surface area contributed by atoms with Crippen LogP contribution < -0.4 is 14.2 Å². The van der Waals surface area contributed by atoms with Crippen LogP contribution in [-0.2, 0) is 6.61 Å². The van der Waals surface area contributed by atoms with Crippen molar-refractivity contribution in [2.24, 2.45) is 4.99 Å². The van der Waals surface area contributed by atoms with Crippen LogP contribution in [0.3, 0.4) is 0 Å². The molecule has 0 aliphatic carbocycles. The lowest BCUT2D eigenvalue weighted by Gasteiger charge is -2.13. The van der Waals surface area contributed by atoms with E-state index in [2.05, 4.69) is 4.99 Å². The third-order valence-corrected chi connectivity index (χ3v) is 4.24. The average Bonchev–Trinajstić information content (AvgIpc) is 2.76. The molecule has 6 heteroatoms. The molecule has 0 aliphatic heterocycles. The Kier molecular flexibility index (Phi) is 6.47. The zero-order chi connectivity index (χ0) is 20.6. The summed E-state index contributed by atoms with van der Waals surface area (Å²) in [7, 11) is 3.20. The van der Waals surface area contributed by atoms with E-state index < -0.39 is 5.97 Å². The van der Waals surface area contributed by atoms with Gasteiger partial charge in [-0.25, -0.2) is 4.79 Å². The van der Waals surface area contributed by atoms with Crippen molar-refractivity contribution >= 4 is 17.9 Å². The summed E-state index contributed by atoms with van der Waals surface area (Å²) in [6.45, 7) is 0.268. The fourth-order valence-corrected chi connectivity index (χ4v) is 2.66. The molecule has 0 aromatic heterocycles. The van der Waals surface area contributed by atoms with E-state index in [1.165, 1.54) is 0 Å². The summed E-state index contributed by atoms with van der Waals surface area (Å²) in [5.74, 6) is 0.961. The highest BCUT2D eigenvalue weighted by atomic mass is 16.5. The normalized spacial score (nSPS) is 10.7. The summed E-state index contributed by atoms with van der Waals surface area (Å²) >= 11 is 0. The molecule has 0 radical (unpaired) electrons. The first kappa shape index (κ1) is 19.9. The molecular weight excluding hydrogens is 370 g/mol. The topological polar surface area (TPSA) is 77.3 Å². The van der Waals surface area contributed by atoms with Crippen molar-refractivity contribution in [1.29, 1.82) is 0 Å². The second-order valence-electron chi connectivity index (χ2n) is 6.13. The van der Waals surface area contributed by atoms with Gasteiger partial charge in [-0.2, -0.15) is 0 Å². The van der Waals surface area contributed by atoms with Crippen LogP contribution >= 0.6 is 0 Å². The van der Waals surface area contributed by atoms with Crippen LogP contribution in [0.1, 0.15) is 21.5 Å². The van der Waals surface area contributed by atoms with Gasteiger partial charge in [0, 0.05) is 11.8 Å². The van der Waals surface area contributed by atoms with Gasteiger partial charge < -0.3 is 19.3 Å². The summed E-state index contributed by atoms with van der Waals surface area (Å²) in [5, 5.41) is 9.00. The minimum absolute atomic E-state index is 0.235. The number of ether oxygens (including phenoxy) is 3. The first-order valence-corrected chi connectivity index (χ1v) is 8.91. The van der Waals surface area contributed by atoms with E-state index in [0.29, 0.717) is 11.5 Å². The largest absolute Gasteiger partial charge is 0.497 e. The lowest BCUT2D eigenvalue weighted by atomic mass is 10.1. The van der Waals surface area contributed by atoms with Crippen molar-refractivity contribution in [1.82, 2.24) is 0 Å². The van der Waals surface area contributed by atoms with Crippen LogP contribution in [-0.4, -0.2) is 31.5 Å². The number of methoxy groups -OCH3 is 2. The smallest absolute Gasteiger partial charge is 0.335 e. The average molecular weight is 391 g/mol. The van der Waals surface area contributed by atoms with E-state index in [9.17, 15) is 4.79 Å². The molecule has 3 rings (SSSR count). The number of aliphatic imine (C=N–C) groups is 1. The van der Waals surface area contributed by atoms with E-state index in [1.54, 1.807) is 44.7 Å². The molecule has 0 amide bonds. The van der Waals surface area contributed by atoms with Crippen LogP contribution in [0, 0.1) is 0 Å². The lowest BCUT2D eigenvalue weighted by Crippen LogP contribution is -2.02. The molecule has 29 heavy (non-hydrogen) atoms. The Bertz CT molecular complexity index is 995. The number of carbonyl (C=O) groups is 1. The summed E-state index contributed by atoms with van der Waals surface area (Å²) < 4.78 is 16.6. The maximum Gasteiger partial charge on any atom is 0.335 e. The summed E-state index contributed by atoms with van der Waals surface area (Å²) in [5.41, 5.74) is 2.63. The molecule has 0 unspecified atom stereocenters. The van der Waals surface area contributed by atoms with E-state index in [1.807, 2.05) is 42.5 Å². The molecule has 1 N–H and O–H groups in total. The van der Waals surface area contributed by atoms with E-state index in [4.69, 9.17) is 19.3 Å². The SMILES string of the molecule is COc1ccc(N=Cc2cccc(OC)c2OCc2ccc(C(=O)O)cc2)cc1. The van der Waals surface area contributed by atoms with Gasteiger partial charge in [-0.1, -0.05) is 18.2 Å². The van der Waals surface area contributed by atoms with Gasteiger partial charge in [-0.15, -0.1) is 0 Å². The van der Waals surface area contributed by atoms with Gasteiger partial charge in [0.2, 0.25) is 0 Å². The molecule has 148 valence electrons. The maximum atomic E-state index is 11.0. The summed E-state index contributed by atoms with van der Waals surface area (Å²) in [4.78, 5) is 15.5. The number of carboxylic acids is 1. The predicted molar refractivity (Wildman–Crippen MR) is 111 cm³/mol. The molecule has 3 aromatic rings. The molecule has 0 heterocycles. The molecule has 0 spiro atoms. The molecule has 0 saturated carbocycles. The minimum Gasteiger partial charge on any atom is -0.497 e. The minimum atomic E-state index is -0.959. The maximum absolute atomic E-state index is 11.0. The molecule has 0 bridgehead atoms. The van der Waals surface area contributed by atoms with Crippen molar-refractivity contribution < 1.29 is 24.1 Å². The fourth-order valence-electron chi connectivity index (χ4n) is 2.66. The molecule has 0 fully saturated rings. The third-order valence-electron chi connectivity index (χ3n) is 4.24. The van der Waals surface area contributed by atoms with Crippen LogP contribution in [0.25, 0.3) is 0 Å². The van der Waals surface area contributed by atoms with Gasteiger partial charge in [0.25, 0.3) is 0 Å². The van der Waals surface area contributed by atoms with E-state index in [-0.39, 0.29) is 12.2 Å². The number of para-hydroxylation sites is 1. The van der Waals surface area contributed by atoms with Crippen LogP contribution in [0.15, 0.2) is 71.7 Å². The Hall–Kier alpha value is -3.80. The van der Waals surface area contributed by atoms with Crippen LogP contribution in [0.2, 0.25) is 0 Å². The first-order chi connectivity index (χ1) is 14.1. The van der Waals surface area contributed by atoms with Crippen molar-refractivity contribution in [3.63, 3.8) is 0 Å². The van der Waals surface area contributed by atoms with E-state index >= 15 is 0 Å². The Morgan fingerprint density at radius 2 is 1.69 bits per heavy atom. The number of hydrogen-bond acceptors (Lipinski definition) is 5. The highest BCUT2D eigenvalue weighted by molar-refractivity contribution is 5.88. The zero-order valence-corrected chi connectivity index (χ0v) is 16.2. The van der Waals surface area contributed by atoms with E-state index in [0.717, 1.165) is 22.6 Å². The lowest BCUT2D eigenvalue weighted by molar-refractivity contribution is 0.0697. The second kappa shape index (κ2) is 9.41. The van der Waals surface area contributed by atoms with Gasteiger partial charge in [0.15, 0.2) is 11.5 Å². The van der Waals surface area contributed by atoms with Gasteiger partial charge >= 0.3 is 5.97 Å². The van der Waals surface area contributed by atoms with Crippen LogP contribution in [0.4, 0.5) is 5.69 Å². The predicted octanol–water partition coefficient (Wildman–Crippen LogP) is 4.73. The van der Waals surface area contributed by atoms with Crippen molar-refractivity contribution in [2.75, 3.05) is 14.2 Å². The van der Waals surface area contributed by atoms with Gasteiger partial charge in [0.05, 0.1) is 25.5 Å². The molecule has 0 atom stereocenters. The highest BCUT2D eigenvalue weighted by Gasteiger charge is 2.10. The Labute approximate surface area is 169 Å². The zero-order valence-electron chi connectivity index (χ0n) is 16.2. The summed E-state index contributed by atoms with van der Waals surface area (Å²) in [6, 6.07) is 19.5. The number of benzene rings is 3. The number of nitrogens with zero attached hydrogens (tertiary/aromatic N) is 1. The molecular formula is C23H21NO5. The number of rotatable bonds is 8. The molecule has 3 aromatic carbocycles. The Morgan fingerprint density at radius 1 is 0.966 bits per heavy atom. The monoisotopic (exact) mass is 391 g/mol. The Balaban J connectivity index is 1.79. The number of carboxylic acid groups (broad SMARTS) is 1. The molecule has 0 aliphatic rings. The van der Waals surface area contributed by atoms with Crippen molar-refractivity contribution in [3.05, 3.63) is 83.4 Å². The quantitative estimate of drug-likeness (QED) is 0.562. The van der Waals surface area contributed by atoms with Crippen molar-refractivity contribution in [2.45, 2.75) is 6.61 Å². The number of aromatic carboxylic acids is 1. The molecule has 6 nitrogen and oxygen atoms in total. The standard InChI is InChI=1S/C23H21NO5/c1-27-20-12-10-19(11-13-20)24-14-18-4-3-5-21(28-2)22(18)29-15-16-6-8-17(9-7-16)23(25)26/h3-14H,15H2,1-2H3,(H,25,26). The first-order valence-electron chi connectivity index (χ1n) is 8.91. The fraction of sp³-hybridized carbons (Fsp3) is 0.130.